The van der Waals surface area contributed by atoms with Crippen LogP contribution in [0.3, 0.4) is 0 Å². The second-order valence-corrected chi connectivity index (χ2v) is 6.70. The van der Waals surface area contributed by atoms with E-state index in [2.05, 4.69) is 0 Å². The zero-order valence-electron chi connectivity index (χ0n) is 14.0. The van der Waals surface area contributed by atoms with Crippen LogP contribution in [0.2, 0.25) is 0 Å². The summed E-state index contributed by atoms with van der Waals surface area (Å²) in [5, 5.41) is 0. The molecular weight excluding hydrogens is 302 g/mol. The quantitative estimate of drug-likeness (QED) is 0.885. The number of rotatable bonds is 6. The zero-order chi connectivity index (χ0) is 16.9. The third-order valence-electron chi connectivity index (χ3n) is 5.01. The predicted molar refractivity (Wildman–Crippen MR) is 94.4 cm³/mol. The minimum atomic E-state index is -0.464. The molecule has 1 aromatic carbocycles. The summed E-state index contributed by atoms with van der Waals surface area (Å²) in [7, 11) is 0. The maximum absolute atomic E-state index is 12.5. The first-order valence-corrected chi connectivity index (χ1v) is 8.83. The number of aryl methyl sites for hydroxylation is 1. The van der Waals surface area contributed by atoms with Gasteiger partial charge >= 0.3 is 5.69 Å². The lowest BCUT2D eigenvalue weighted by atomic mass is 9.86. The van der Waals surface area contributed by atoms with Gasteiger partial charge in [0.25, 0.3) is 0 Å². The van der Waals surface area contributed by atoms with Crippen molar-refractivity contribution in [3.63, 3.8) is 0 Å². The van der Waals surface area contributed by atoms with Crippen LogP contribution < -0.4 is 11.4 Å². The van der Waals surface area contributed by atoms with Crippen LogP contribution in [0.25, 0.3) is 5.69 Å². The van der Waals surface area contributed by atoms with Gasteiger partial charge in [-0.3, -0.25) is 13.9 Å². The average Bonchev–Trinajstić information content (AvgIpc) is 2.97. The number of amides is 1. The number of nitrogens with two attached hydrogens (primary N) is 1. The summed E-state index contributed by atoms with van der Waals surface area (Å²) >= 11 is 0. The first-order valence-electron chi connectivity index (χ1n) is 8.83. The molecule has 1 aromatic heterocycles. The second kappa shape index (κ2) is 7.51. The van der Waals surface area contributed by atoms with Crippen LogP contribution in [0.15, 0.2) is 41.5 Å². The maximum atomic E-state index is 12.5. The van der Waals surface area contributed by atoms with Crippen LogP contribution in [-0.4, -0.2) is 15.0 Å². The van der Waals surface area contributed by atoms with Crippen molar-refractivity contribution in [2.24, 2.45) is 11.7 Å². The van der Waals surface area contributed by atoms with Crippen molar-refractivity contribution in [2.45, 2.75) is 51.5 Å². The Kier molecular flexibility index (Phi) is 5.18. The lowest BCUT2D eigenvalue weighted by Gasteiger charge is -2.21. The number of carbonyl (C=O) groups excluding carboxylic acids is 1. The minimum absolute atomic E-state index is 0.0366. The zero-order valence-corrected chi connectivity index (χ0v) is 14.0. The smallest absolute Gasteiger partial charge is 0.332 e. The van der Waals surface area contributed by atoms with Gasteiger partial charge in [0.1, 0.15) is 0 Å². The summed E-state index contributed by atoms with van der Waals surface area (Å²) in [5.41, 5.74) is 6.39. The van der Waals surface area contributed by atoms with Gasteiger partial charge in [0, 0.05) is 24.5 Å². The molecule has 2 N–H and O–H groups in total. The Hall–Kier alpha value is -2.30. The van der Waals surface area contributed by atoms with Crippen molar-refractivity contribution in [2.75, 3.05) is 0 Å². The summed E-state index contributed by atoms with van der Waals surface area (Å²) in [4.78, 5) is 23.6. The minimum Gasteiger partial charge on any atom is -0.366 e. The van der Waals surface area contributed by atoms with E-state index in [1.54, 1.807) is 39.6 Å². The number of imidazole rings is 1. The van der Waals surface area contributed by atoms with Crippen LogP contribution in [0.1, 0.15) is 55.3 Å². The Bertz CT molecular complexity index is 737. The molecule has 0 unspecified atom stereocenters. The molecule has 3 rings (SSSR count). The summed E-state index contributed by atoms with van der Waals surface area (Å²) in [6.07, 6.45) is 12.7. The average molecular weight is 327 g/mol. The third kappa shape index (κ3) is 3.78. The number of hydrogen-bond donors (Lipinski definition) is 1. The molecule has 128 valence electrons. The Morgan fingerprint density at radius 3 is 2.46 bits per heavy atom. The summed E-state index contributed by atoms with van der Waals surface area (Å²) < 4.78 is 3.37. The molecule has 1 fully saturated rings. The fraction of sp³-hybridized carbons (Fsp3) is 0.474. The molecule has 0 saturated heterocycles. The lowest BCUT2D eigenvalue weighted by Crippen LogP contribution is -2.23. The fourth-order valence-electron chi connectivity index (χ4n) is 3.59. The first kappa shape index (κ1) is 16.6. The van der Waals surface area contributed by atoms with Crippen LogP contribution in [0, 0.1) is 5.92 Å². The highest BCUT2D eigenvalue weighted by molar-refractivity contribution is 5.92. The molecule has 24 heavy (non-hydrogen) atoms. The van der Waals surface area contributed by atoms with Gasteiger partial charge < -0.3 is 5.73 Å². The van der Waals surface area contributed by atoms with Crippen molar-refractivity contribution < 1.29 is 4.79 Å². The molecule has 0 aliphatic heterocycles. The Morgan fingerprint density at radius 2 is 1.79 bits per heavy atom. The number of hydrogen-bond acceptors (Lipinski definition) is 2. The molecule has 0 radical (unpaired) electrons. The van der Waals surface area contributed by atoms with Gasteiger partial charge in [-0.15, -0.1) is 0 Å². The van der Waals surface area contributed by atoms with E-state index in [0.29, 0.717) is 5.56 Å². The van der Waals surface area contributed by atoms with Crippen molar-refractivity contribution >= 4 is 5.91 Å². The molecule has 1 heterocycles. The summed E-state index contributed by atoms with van der Waals surface area (Å²) in [6, 6.07) is 6.77. The van der Waals surface area contributed by atoms with Crippen LogP contribution in [-0.2, 0) is 6.54 Å². The predicted octanol–water partition coefficient (Wildman–Crippen LogP) is 3.10. The molecule has 0 atom stereocenters. The highest BCUT2D eigenvalue weighted by Gasteiger charge is 2.13. The van der Waals surface area contributed by atoms with E-state index < -0.39 is 5.91 Å². The van der Waals surface area contributed by atoms with Crippen LogP contribution >= 0.6 is 0 Å². The van der Waals surface area contributed by atoms with Gasteiger partial charge in [-0.05, 0) is 43.0 Å². The number of nitrogens with zero attached hydrogens (tertiary/aromatic N) is 2. The van der Waals surface area contributed by atoms with Gasteiger partial charge in [0.15, 0.2) is 0 Å². The Balaban J connectivity index is 1.62. The lowest BCUT2D eigenvalue weighted by molar-refractivity contribution is 0.100. The van der Waals surface area contributed by atoms with E-state index in [9.17, 15) is 9.59 Å². The molecule has 1 amide bonds. The largest absolute Gasteiger partial charge is 0.366 e. The van der Waals surface area contributed by atoms with E-state index in [4.69, 9.17) is 5.73 Å². The van der Waals surface area contributed by atoms with Crippen molar-refractivity contribution in [3.8, 4) is 5.69 Å². The fourth-order valence-corrected chi connectivity index (χ4v) is 3.59. The van der Waals surface area contributed by atoms with E-state index >= 15 is 0 Å². The highest BCUT2D eigenvalue weighted by Crippen LogP contribution is 2.27. The summed E-state index contributed by atoms with van der Waals surface area (Å²) in [6.45, 7) is 0.766. The number of aromatic nitrogens is 2. The number of primary amides is 1. The monoisotopic (exact) mass is 327 g/mol. The molecule has 0 bridgehead atoms. The van der Waals surface area contributed by atoms with Crippen molar-refractivity contribution in [1.82, 2.24) is 9.13 Å². The van der Waals surface area contributed by atoms with Crippen molar-refractivity contribution in [3.05, 3.63) is 52.7 Å². The molecule has 1 aliphatic carbocycles. The van der Waals surface area contributed by atoms with Crippen molar-refractivity contribution in [1.29, 1.82) is 0 Å². The van der Waals surface area contributed by atoms with Gasteiger partial charge in [-0.1, -0.05) is 32.1 Å². The molecule has 5 heteroatoms. The van der Waals surface area contributed by atoms with E-state index in [0.717, 1.165) is 24.6 Å². The molecule has 5 nitrogen and oxygen atoms in total. The molecule has 1 saturated carbocycles. The molecule has 2 aromatic rings. The van der Waals surface area contributed by atoms with E-state index in [1.807, 2.05) is 6.20 Å². The van der Waals surface area contributed by atoms with Gasteiger partial charge in [-0.25, -0.2) is 4.79 Å². The topological polar surface area (TPSA) is 70.0 Å². The number of carbonyl (C=O) groups is 1. The van der Waals surface area contributed by atoms with Gasteiger partial charge in [-0.2, -0.15) is 0 Å². The van der Waals surface area contributed by atoms with Crippen LogP contribution in [0.4, 0.5) is 0 Å². The van der Waals surface area contributed by atoms with Crippen LogP contribution in [0.5, 0.6) is 0 Å². The Morgan fingerprint density at radius 1 is 1.08 bits per heavy atom. The van der Waals surface area contributed by atoms with Gasteiger partial charge in [0.2, 0.25) is 5.91 Å². The highest BCUT2D eigenvalue weighted by atomic mass is 16.2. The number of benzene rings is 1. The normalized spacial score (nSPS) is 15.5. The SMILES string of the molecule is NC(=O)c1ccc(-n2ccn(CCCC3CCCCC3)c2=O)cc1. The molecular formula is C19H25N3O2. The maximum Gasteiger partial charge on any atom is 0.332 e. The van der Waals surface area contributed by atoms with Gasteiger partial charge in [0.05, 0.1) is 5.69 Å². The second-order valence-electron chi connectivity index (χ2n) is 6.70. The molecule has 0 spiro atoms. The van der Waals surface area contributed by atoms with E-state index in [1.165, 1.54) is 38.5 Å². The third-order valence-corrected chi connectivity index (χ3v) is 5.01. The summed E-state index contributed by atoms with van der Waals surface area (Å²) in [5.74, 6) is 0.382. The molecule has 1 aliphatic rings. The first-order chi connectivity index (χ1) is 11.6. The Labute approximate surface area is 142 Å². The standard InChI is InChI=1S/C19H25N3O2/c20-18(23)16-8-10-17(11-9-16)22-14-13-21(19(22)24)12-4-7-15-5-2-1-3-6-15/h8-11,13-15H,1-7,12H2,(H2,20,23). The van der Waals surface area contributed by atoms with E-state index in [-0.39, 0.29) is 5.69 Å².